The molecule has 1 aromatic carbocycles. The van der Waals surface area contributed by atoms with Gasteiger partial charge in [0.25, 0.3) is 0 Å². The van der Waals surface area contributed by atoms with Gasteiger partial charge < -0.3 is 5.73 Å². The van der Waals surface area contributed by atoms with Gasteiger partial charge in [-0.15, -0.1) is 0 Å². The van der Waals surface area contributed by atoms with Crippen molar-refractivity contribution in [2.75, 3.05) is 5.73 Å². The molecule has 0 spiro atoms. The lowest BCUT2D eigenvalue weighted by atomic mass is 9.78. The van der Waals surface area contributed by atoms with Gasteiger partial charge in [-0.1, -0.05) is 26.0 Å². The van der Waals surface area contributed by atoms with Crippen LogP contribution >= 0.6 is 0 Å². The first-order chi connectivity index (χ1) is 7.60. The molecule has 0 aliphatic carbocycles. The van der Waals surface area contributed by atoms with E-state index in [9.17, 15) is 0 Å². The number of hydrogen-bond acceptors (Lipinski definition) is 2. The molecule has 2 N–H and O–H groups in total. The predicted octanol–water partition coefficient (Wildman–Crippen LogP) is 2.99. The topological polar surface area (TPSA) is 38.9 Å². The van der Waals surface area contributed by atoms with Gasteiger partial charge in [-0.2, -0.15) is 0 Å². The molecule has 2 heteroatoms. The highest BCUT2D eigenvalue weighted by Crippen LogP contribution is 2.31. The van der Waals surface area contributed by atoms with Crippen molar-refractivity contribution >= 4 is 5.69 Å². The minimum absolute atomic E-state index is 0.0172. The van der Waals surface area contributed by atoms with Gasteiger partial charge in [-0.25, -0.2) is 0 Å². The van der Waals surface area contributed by atoms with Crippen LogP contribution in [0.25, 0.3) is 0 Å². The zero-order chi connectivity index (χ0) is 11.6. The monoisotopic (exact) mass is 212 g/mol. The molecule has 0 radical (unpaired) electrons. The fraction of sp³-hybridized carbons (Fsp3) is 0.214. The van der Waals surface area contributed by atoms with E-state index in [0.29, 0.717) is 0 Å². The minimum atomic E-state index is -0.0172. The molecule has 0 fully saturated rings. The molecule has 2 rings (SSSR count). The zero-order valence-corrected chi connectivity index (χ0v) is 9.64. The van der Waals surface area contributed by atoms with Gasteiger partial charge in [0.05, 0.1) is 0 Å². The smallest absolute Gasteiger partial charge is 0.0314 e. The largest absolute Gasteiger partial charge is 0.399 e. The lowest BCUT2D eigenvalue weighted by Gasteiger charge is -2.25. The van der Waals surface area contributed by atoms with E-state index in [1.54, 1.807) is 0 Å². The Morgan fingerprint density at radius 1 is 0.875 bits per heavy atom. The van der Waals surface area contributed by atoms with Gasteiger partial charge in [-0.3, -0.25) is 4.98 Å². The van der Waals surface area contributed by atoms with Crippen molar-refractivity contribution in [2.24, 2.45) is 0 Å². The molecule has 0 aliphatic heterocycles. The molecule has 0 saturated heterocycles. The van der Waals surface area contributed by atoms with Gasteiger partial charge >= 0.3 is 0 Å². The van der Waals surface area contributed by atoms with Crippen LogP contribution in [0.2, 0.25) is 0 Å². The maximum atomic E-state index is 5.70. The number of hydrogen-bond donors (Lipinski definition) is 1. The van der Waals surface area contributed by atoms with Gasteiger partial charge in [-0.05, 0) is 35.4 Å². The van der Waals surface area contributed by atoms with Crippen LogP contribution in [0.15, 0.2) is 48.8 Å². The summed E-state index contributed by atoms with van der Waals surface area (Å²) in [6.45, 7) is 4.40. The molecule has 0 unspecified atom stereocenters. The third-order valence-electron chi connectivity index (χ3n) is 3.03. The van der Waals surface area contributed by atoms with Crippen LogP contribution in [-0.4, -0.2) is 4.98 Å². The molecule has 0 saturated carbocycles. The Morgan fingerprint density at radius 2 is 1.38 bits per heavy atom. The lowest BCUT2D eigenvalue weighted by molar-refractivity contribution is 0.640. The van der Waals surface area contributed by atoms with E-state index in [1.807, 2.05) is 24.5 Å². The normalized spacial score (nSPS) is 11.4. The Balaban J connectivity index is 2.43. The Labute approximate surface area is 96.1 Å². The van der Waals surface area contributed by atoms with E-state index in [2.05, 4.69) is 43.1 Å². The van der Waals surface area contributed by atoms with Crippen molar-refractivity contribution in [1.82, 2.24) is 4.98 Å². The first kappa shape index (κ1) is 10.7. The fourth-order valence-corrected chi connectivity index (χ4v) is 1.84. The van der Waals surface area contributed by atoms with Gasteiger partial charge in [0.1, 0.15) is 0 Å². The van der Waals surface area contributed by atoms with E-state index >= 15 is 0 Å². The summed E-state index contributed by atoms with van der Waals surface area (Å²) in [5.74, 6) is 0. The number of nitrogens with two attached hydrogens (primary N) is 1. The molecule has 82 valence electrons. The first-order valence-electron chi connectivity index (χ1n) is 5.37. The molecule has 0 amide bonds. The van der Waals surface area contributed by atoms with Crippen LogP contribution in [-0.2, 0) is 5.41 Å². The Hall–Kier alpha value is -1.83. The van der Waals surface area contributed by atoms with Crippen molar-refractivity contribution in [3.63, 3.8) is 0 Å². The zero-order valence-electron chi connectivity index (χ0n) is 9.64. The maximum Gasteiger partial charge on any atom is 0.0314 e. The fourth-order valence-electron chi connectivity index (χ4n) is 1.84. The van der Waals surface area contributed by atoms with Crippen molar-refractivity contribution in [3.05, 3.63) is 59.9 Å². The molecular weight excluding hydrogens is 196 g/mol. The first-order valence-corrected chi connectivity index (χ1v) is 5.37. The molecule has 0 bridgehead atoms. The van der Waals surface area contributed by atoms with Crippen molar-refractivity contribution in [2.45, 2.75) is 19.3 Å². The maximum absolute atomic E-state index is 5.70. The van der Waals surface area contributed by atoms with Gasteiger partial charge in [0, 0.05) is 23.5 Å². The Kier molecular flexibility index (Phi) is 2.65. The third-order valence-corrected chi connectivity index (χ3v) is 3.03. The van der Waals surface area contributed by atoms with Crippen LogP contribution < -0.4 is 5.73 Å². The summed E-state index contributed by atoms with van der Waals surface area (Å²) < 4.78 is 0. The summed E-state index contributed by atoms with van der Waals surface area (Å²) in [6, 6.07) is 12.1. The van der Waals surface area contributed by atoms with E-state index in [4.69, 9.17) is 5.73 Å². The highest BCUT2D eigenvalue weighted by atomic mass is 14.6. The van der Waals surface area contributed by atoms with Crippen molar-refractivity contribution in [3.8, 4) is 0 Å². The standard InChI is InChI=1S/C14H16N2/c1-14(2,12-7-9-16-10-8-12)11-3-5-13(15)6-4-11/h3-10H,15H2,1-2H3. The number of nitrogen functional groups attached to an aromatic ring is 1. The molecule has 16 heavy (non-hydrogen) atoms. The lowest BCUT2D eigenvalue weighted by Crippen LogP contribution is -2.18. The van der Waals surface area contributed by atoms with Gasteiger partial charge in [0.15, 0.2) is 0 Å². The van der Waals surface area contributed by atoms with Crippen LogP contribution in [0.5, 0.6) is 0 Å². The minimum Gasteiger partial charge on any atom is -0.399 e. The van der Waals surface area contributed by atoms with Crippen LogP contribution in [0.1, 0.15) is 25.0 Å². The molecule has 2 aromatic rings. The second-order valence-corrected chi connectivity index (χ2v) is 4.48. The summed E-state index contributed by atoms with van der Waals surface area (Å²) in [5.41, 5.74) is 9.00. The van der Waals surface area contributed by atoms with Crippen LogP contribution in [0.4, 0.5) is 5.69 Å². The molecule has 0 atom stereocenters. The number of nitrogens with zero attached hydrogens (tertiary/aromatic N) is 1. The average molecular weight is 212 g/mol. The quantitative estimate of drug-likeness (QED) is 0.777. The molecule has 1 aromatic heterocycles. The molecule has 1 heterocycles. The van der Waals surface area contributed by atoms with E-state index in [0.717, 1.165) is 5.69 Å². The summed E-state index contributed by atoms with van der Waals surface area (Å²) in [7, 11) is 0. The van der Waals surface area contributed by atoms with E-state index in [1.165, 1.54) is 11.1 Å². The number of anilines is 1. The highest BCUT2D eigenvalue weighted by Gasteiger charge is 2.22. The summed E-state index contributed by atoms with van der Waals surface area (Å²) in [5, 5.41) is 0. The van der Waals surface area contributed by atoms with Gasteiger partial charge in [0.2, 0.25) is 0 Å². The Bertz CT molecular complexity index is 458. The second kappa shape index (κ2) is 3.97. The predicted molar refractivity (Wildman–Crippen MR) is 67.2 cm³/mol. The molecule has 2 nitrogen and oxygen atoms in total. The SMILES string of the molecule is CC(C)(c1ccncc1)c1ccc(N)cc1. The number of aromatic nitrogens is 1. The molecular formula is C14H16N2. The summed E-state index contributed by atoms with van der Waals surface area (Å²) >= 11 is 0. The number of rotatable bonds is 2. The van der Waals surface area contributed by atoms with Crippen LogP contribution in [0, 0.1) is 0 Å². The summed E-state index contributed by atoms with van der Waals surface area (Å²) in [4.78, 5) is 4.05. The highest BCUT2D eigenvalue weighted by molar-refractivity contribution is 5.44. The van der Waals surface area contributed by atoms with Crippen LogP contribution in [0.3, 0.4) is 0 Å². The van der Waals surface area contributed by atoms with E-state index < -0.39 is 0 Å². The number of pyridine rings is 1. The van der Waals surface area contributed by atoms with Crippen molar-refractivity contribution < 1.29 is 0 Å². The summed E-state index contributed by atoms with van der Waals surface area (Å²) in [6.07, 6.45) is 3.66. The second-order valence-electron chi connectivity index (χ2n) is 4.48. The average Bonchev–Trinajstić information content (AvgIpc) is 2.31. The third kappa shape index (κ3) is 1.91. The Morgan fingerprint density at radius 3 is 1.94 bits per heavy atom. The molecule has 0 aliphatic rings. The van der Waals surface area contributed by atoms with E-state index in [-0.39, 0.29) is 5.41 Å². The van der Waals surface area contributed by atoms with Crippen molar-refractivity contribution in [1.29, 1.82) is 0 Å². The number of benzene rings is 1.